The maximum absolute atomic E-state index is 10.8. The molecule has 0 spiro atoms. The molecule has 11 nitrogen and oxygen atoms in total. The normalized spacial score (nSPS) is 11.2. The molecule has 0 aliphatic heterocycles. The number of hydrogen-bond donors (Lipinski definition) is 1. The van der Waals surface area contributed by atoms with Crippen LogP contribution in [0.4, 0.5) is 34.1 Å². The van der Waals surface area contributed by atoms with E-state index in [0.717, 1.165) is 5.69 Å². The van der Waals surface area contributed by atoms with Crippen molar-refractivity contribution in [2.45, 2.75) is 0 Å². The van der Waals surface area contributed by atoms with Gasteiger partial charge in [0.1, 0.15) is 22.9 Å². The van der Waals surface area contributed by atoms with Gasteiger partial charge in [-0.2, -0.15) is 10.2 Å². The summed E-state index contributed by atoms with van der Waals surface area (Å²) in [6.07, 6.45) is 0. The zero-order chi connectivity index (χ0) is 24.5. The van der Waals surface area contributed by atoms with E-state index in [2.05, 4.69) is 20.5 Å². The average molecular weight is 464 g/mol. The van der Waals surface area contributed by atoms with Gasteiger partial charge < -0.3 is 19.5 Å². The number of nitro benzene ring substituents is 1. The predicted molar refractivity (Wildman–Crippen MR) is 128 cm³/mol. The largest absolute Gasteiger partial charge is 0.494 e. The molecule has 0 heterocycles. The molecule has 0 saturated heterocycles. The molecule has 0 atom stereocenters. The van der Waals surface area contributed by atoms with Crippen LogP contribution < -0.4 is 14.4 Å². The summed E-state index contributed by atoms with van der Waals surface area (Å²) >= 11 is 0. The summed E-state index contributed by atoms with van der Waals surface area (Å²) in [5.41, 5.74) is 2.85. The van der Waals surface area contributed by atoms with E-state index in [0.29, 0.717) is 40.8 Å². The van der Waals surface area contributed by atoms with Crippen LogP contribution in [0.3, 0.4) is 0 Å². The molecule has 34 heavy (non-hydrogen) atoms. The highest BCUT2D eigenvalue weighted by Gasteiger charge is 2.12. The van der Waals surface area contributed by atoms with Gasteiger partial charge in [0.2, 0.25) is 0 Å². The number of benzene rings is 3. The number of aliphatic hydroxyl groups is 1. The van der Waals surface area contributed by atoms with Gasteiger partial charge in [0, 0.05) is 43.5 Å². The SMILES string of the molecule is COc1cc(N=Nc2ccc([N+](=O)[O-])cc2)c(OC)cc1N=Nc1ccc(N(C)CCO)cc1. The number of anilines is 1. The Balaban J connectivity index is 1.82. The molecule has 11 heteroatoms. The van der Waals surface area contributed by atoms with Gasteiger partial charge in [0.05, 0.1) is 37.1 Å². The summed E-state index contributed by atoms with van der Waals surface area (Å²) in [6, 6.07) is 16.4. The number of ether oxygens (including phenoxy) is 2. The zero-order valence-corrected chi connectivity index (χ0v) is 19.0. The summed E-state index contributed by atoms with van der Waals surface area (Å²) in [7, 11) is 4.89. The van der Waals surface area contributed by atoms with E-state index in [9.17, 15) is 10.1 Å². The fourth-order valence-corrected chi connectivity index (χ4v) is 2.94. The fourth-order valence-electron chi connectivity index (χ4n) is 2.94. The van der Waals surface area contributed by atoms with Gasteiger partial charge in [0.25, 0.3) is 5.69 Å². The van der Waals surface area contributed by atoms with Crippen LogP contribution >= 0.6 is 0 Å². The molecule has 0 fully saturated rings. The number of methoxy groups -OCH3 is 2. The van der Waals surface area contributed by atoms with Crippen molar-refractivity contribution in [1.29, 1.82) is 0 Å². The molecule has 0 aliphatic carbocycles. The summed E-state index contributed by atoms with van der Waals surface area (Å²) < 4.78 is 10.8. The summed E-state index contributed by atoms with van der Waals surface area (Å²) in [4.78, 5) is 12.2. The predicted octanol–water partition coefficient (Wildman–Crippen LogP) is 5.87. The summed E-state index contributed by atoms with van der Waals surface area (Å²) in [5.74, 6) is 0.822. The Bertz CT molecular complexity index is 1180. The van der Waals surface area contributed by atoms with Crippen LogP contribution in [0.25, 0.3) is 0 Å². The van der Waals surface area contributed by atoms with Gasteiger partial charge in [-0.1, -0.05) is 0 Å². The van der Waals surface area contributed by atoms with Crippen molar-refractivity contribution < 1.29 is 19.5 Å². The Labute approximate surface area is 196 Å². The van der Waals surface area contributed by atoms with E-state index in [1.54, 1.807) is 12.1 Å². The van der Waals surface area contributed by atoms with Gasteiger partial charge in [-0.15, -0.1) is 10.2 Å². The minimum Gasteiger partial charge on any atom is -0.494 e. The number of likely N-dealkylation sites (N-methyl/N-ethyl adjacent to an activating group) is 1. The van der Waals surface area contributed by atoms with Gasteiger partial charge in [0.15, 0.2) is 0 Å². The molecule has 0 aromatic heterocycles. The lowest BCUT2D eigenvalue weighted by molar-refractivity contribution is -0.384. The second kappa shape index (κ2) is 11.5. The molecular formula is C23H24N6O5. The van der Waals surface area contributed by atoms with Crippen molar-refractivity contribution in [3.05, 3.63) is 70.8 Å². The van der Waals surface area contributed by atoms with Crippen molar-refractivity contribution in [2.24, 2.45) is 20.5 Å². The van der Waals surface area contributed by atoms with Gasteiger partial charge in [-0.25, -0.2) is 0 Å². The molecule has 0 aliphatic rings. The van der Waals surface area contributed by atoms with E-state index in [1.165, 1.54) is 38.5 Å². The van der Waals surface area contributed by atoms with E-state index in [1.807, 2.05) is 36.2 Å². The molecule has 0 unspecified atom stereocenters. The van der Waals surface area contributed by atoms with E-state index in [-0.39, 0.29) is 12.3 Å². The molecule has 3 rings (SSSR count). The Morgan fingerprint density at radius 2 is 1.32 bits per heavy atom. The van der Waals surface area contributed by atoms with Gasteiger partial charge in [-0.05, 0) is 36.4 Å². The molecule has 0 radical (unpaired) electrons. The molecule has 0 bridgehead atoms. The molecule has 176 valence electrons. The Morgan fingerprint density at radius 3 is 1.74 bits per heavy atom. The first-order chi connectivity index (χ1) is 16.4. The Morgan fingerprint density at radius 1 is 0.853 bits per heavy atom. The Hall–Kier alpha value is -4.38. The van der Waals surface area contributed by atoms with Gasteiger partial charge in [-0.3, -0.25) is 10.1 Å². The van der Waals surface area contributed by atoms with Crippen molar-refractivity contribution >= 4 is 34.1 Å². The van der Waals surface area contributed by atoms with Crippen molar-refractivity contribution in [1.82, 2.24) is 0 Å². The minimum atomic E-state index is -0.480. The van der Waals surface area contributed by atoms with Gasteiger partial charge >= 0.3 is 0 Å². The topological polar surface area (TPSA) is 135 Å². The second-order valence-corrected chi connectivity index (χ2v) is 7.03. The van der Waals surface area contributed by atoms with Crippen LogP contribution in [0.15, 0.2) is 81.1 Å². The van der Waals surface area contributed by atoms with Crippen molar-refractivity contribution in [3.8, 4) is 11.5 Å². The number of hydrogen-bond acceptors (Lipinski definition) is 10. The van der Waals surface area contributed by atoms with E-state index >= 15 is 0 Å². The van der Waals surface area contributed by atoms with Crippen LogP contribution in [0.1, 0.15) is 0 Å². The Kier molecular flexibility index (Phi) is 8.19. The van der Waals surface area contributed by atoms with E-state index in [4.69, 9.17) is 14.6 Å². The van der Waals surface area contributed by atoms with E-state index < -0.39 is 4.92 Å². The third-order valence-corrected chi connectivity index (χ3v) is 4.81. The van der Waals surface area contributed by atoms with Crippen LogP contribution in [-0.4, -0.2) is 44.4 Å². The first-order valence-electron chi connectivity index (χ1n) is 10.2. The lowest BCUT2D eigenvalue weighted by Gasteiger charge is -2.17. The molecule has 3 aromatic rings. The quantitative estimate of drug-likeness (QED) is 0.226. The standard InChI is InChI=1S/C23H24N6O5/c1-28(12-13-30)18-8-4-16(5-9-18)24-26-20-14-23(34-3)21(15-22(20)33-2)27-25-17-6-10-19(11-7-17)29(31)32/h4-11,14-15,30H,12-13H2,1-3H3. The number of non-ortho nitro benzene ring substituents is 1. The molecule has 0 saturated carbocycles. The number of nitrogens with zero attached hydrogens (tertiary/aromatic N) is 6. The molecule has 3 aromatic carbocycles. The van der Waals surface area contributed by atoms with Crippen molar-refractivity contribution in [2.75, 3.05) is 39.3 Å². The average Bonchev–Trinajstić information content (AvgIpc) is 2.86. The fraction of sp³-hybridized carbons (Fsp3) is 0.217. The van der Waals surface area contributed by atoms with Crippen LogP contribution in [0.2, 0.25) is 0 Å². The molecule has 1 N–H and O–H groups in total. The maximum Gasteiger partial charge on any atom is 0.269 e. The van der Waals surface area contributed by atoms with Crippen LogP contribution in [-0.2, 0) is 0 Å². The van der Waals surface area contributed by atoms with Crippen molar-refractivity contribution in [3.63, 3.8) is 0 Å². The third kappa shape index (κ3) is 6.11. The highest BCUT2D eigenvalue weighted by Crippen LogP contribution is 2.41. The molecular weight excluding hydrogens is 440 g/mol. The maximum atomic E-state index is 10.8. The van der Waals surface area contributed by atoms with Crippen LogP contribution in [0, 0.1) is 10.1 Å². The smallest absolute Gasteiger partial charge is 0.269 e. The lowest BCUT2D eigenvalue weighted by Crippen LogP contribution is -2.20. The lowest BCUT2D eigenvalue weighted by atomic mass is 10.2. The molecule has 0 amide bonds. The summed E-state index contributed by atoms with van der Waals surface area (Å²) in [6.45, 7) is 0.606. The number of aliphatic hydroxyl groups excluding tert-OH is 1. The highest BCUT2D eigenvalue weighted by molar-refractivity contribution is 5.66. The highest BCUT2D eigenvalue weighted by atomic mass is 16.6. The first-order valence-corrected chi connectivity index (χ1v) is 10.2. The first kappa shape index (κ1) is 24.3. The number of azo groups is 2. The minimum absolute atomic E-state index is 0.0280. The van der Waals surface area contributed by atoms with Crippen LogP contribution in [0.5, 0.6) is 11.5 Å². The zero-order valence-electron chi connectivity index (χ0n) is 19.0. The number of rotatable bonds is 10. The number of nitro groups is 1. The summed E-state index contributed by atoms with van der Waals surface area (Å²) in [5, 5.41) is 36.7. The monoisotopic (exact) mass is 464 g/mol. The second-order valence-electron chi connectivity index (χ2n) is 7.03. The third-order valence-electron chi connectivity index (χ3n) is 4.81.